The second-order valence-electron chi connectivity index (χ2n) is 5.20. The van der Waals surface area contributed by atoms with Crippen molar-refractivity contribution >= 4 is 11.6 Å². The zero-order valence-electron chi connectivity index (χ0n) is 12.6. The maximum absolute atomic E-state index is 6.36. The van der Waals surface area contributed by atoms with Gasteiger partial charge in [0, 0.05) is 19.6 Å². The predicted molar refractivity (Wildman–Crippen MR) is 84.0 cm³/mol. The maximum atomic E-state index is 6.36. The Bertz CT molecular complexity index is 572. The van der Waals surface area contributed by atoms with Crippen LogP contribution in [0.3, 0.4) is 0 Å². The fraction of sp³-hybridized carbons (Fsp3) is 0.438. The Labute approximate surface area is 126 Å². The van der Waals surface area contributed by atoms with E-state index in [0.717, 1.165) is 29.4 Å². The minimum absolute atomic E-state index is 0.284. The van der Waals surface area contributed by atoms with Crippen molar-refractivity contribution in [2.75, 3.05) is 0 Å². The van der Waals surface area contributed by atoms with Crippen LogP contribution in [0.15, 0.2) is 24.3 Å². The van der Waals surface area contributed by atoms with E-state index in [-0.39, 0.29) is 6.04 Å². The van der Waals surface area contributed by atoms with Crippen molar-refractivity contribution in [3.63, 3.8) is 0 Å². The Hall–Kier alpha value is -1.32. The van der Waals surface area contributed by atoms with Gasteiger partial charge in [-0.3, -0.25) is 4.68 Å². The molecule has 0 amide bonds. The molecule has 0 aliphatic rings. The van der Waals surface area contributed by atoms with Crippen molar-refractivity contribution in [2.45, 2.75) is 39.8 Å². The molecule has 4 heteroatoms. The van der Waals surface area contributed by atoms with Gasteiger partial charge in [-0.25, -0.2) is 0 Å². The van der Waals surface area contributed by atoms with E-state index < -0.39 is 0 Å². The van der Waals surface area contributed by atoms with Gasteiger partial charge in [0.1, 0.15) is 0 Å². The summed E-state index contributed by atoms with van der Waals surface area (Å²) in [4.78, 5) is 0. The number of nitrogens with zero attached hydrogens (tertiary/aromatic N) is 2. The van der Waals surface area contributed by atoms with Crippen LogP contribution in [0.1, 0.15) is 42.4 Å². The molecule has 108 valence electrons. The summed E-state index contributed by atoms with van der Waals surface area (Å²) in [5.41, 5.74) is 4.57. The highest BCUT2D eigenvalue weighted by atomic mass is 35.5. The maximum Gasteiger partial charge on any atom is 0.0863 e. The summed E-state index contributed by atoms with van der Waals surface area (Å²) in [5, 5.41) is 8.73. The molecule has 3 nitrogen and oxygen atoms in total. The molecule has 0 unspecified atom stereocenters. The fourth-order valence-corrected chi connectivity index (χ4v) is 2.60. The third-order valence-corrected chi connectivity index (χ3v) is 4.09. The number of aryl methyl sites for hydroxylation is 3. The van der Waals surface area contributed by atoms with Gasteiger partial charge < -0.3 is 5.32 Å². The molecule has 1 aromatic carbocycles. The first-order chi connectivity index (χ1) is 9.52. The molecule has 0 fully saturated rings. The summed E-state index contributed by atoms with van der Waals surface area (Å²) >= 11 is 6.36. The summed E-state index contributed by atoms with van der Waals surface area (Å²) < 4.78 is 1.87. The van der Waals surface area contributed by atoms with E-state index in [1.807, 2.05) is 11.7 Å². The quantitative estimate of drug-likeness (QED) is 0.908. The molecule has 0 saturated heterocycles. The lowest BCUT2D eigenvalue weighted by Crippen LogP contribution is -2.20. The summed E-state index contributed by atoms with van der Waals surface area (Å²) in [5.74, 6) is 0. The predicted octanol–water partition coefficient (Wildman–Crippen LogP) is 3.80. The van der Waals surface area contributed by atoms with Gasteiger partial charge in [-0.1, -0.05) is 48.4 Å². The number of halogens is 1. The average Bonchev–Trinajstić information content (AvgIpc) is 2.71. The molecular weight excluding hydrogens is 270 g/mol. The molecule has 2 rings (SSSR count). The van der Waals surface area contributed by atoms with Crippen molar-refractivity contribution in [1.82, 2.24) is 15.1 Å². The van der Waals surface area contributed by atoms with Crippen molar-refractivity contribution < 1.29 is 0 Å². The van der Waals surface area contributed by atoms with Crippen LogP contribution in [-0.4, -0.2) is 9.78 Å². The molecular formula is C16H22ClN3. The molecule has 0 bridgehead atoms. The summed E-state index contributed by atoms with van der Waals surface area (Å²) in [6.07, 6.45) is 0.861. The van der Waals surface area contributed by atoms with E-state index in [9.17, 15) is 0 Å². The standard InChI is InChI=1S/C16H22ClN3/c1-5-14-16(17)15(20(4)19-14)10-18-12(3)13-8-6-11(2)7-9-13/h6-9,12,18H,5,10H2,1-4H3/t12-/m1/s1. The molecule has 0 spiro atoms. The molecule has 1 heterocycles. The van der Waals surface area contributed by atoms with E-state index in [2.05, 4.69) is 55.5 Å². The number of hydrogen-bond acceptors (Lipinski definition) is 2. The zero-order valence-corrected chi connectivity index (χ0v) is 13.3. The van der Waals surface area contributed by atoms with E-state index in [1.165, 1.54) is 11.1 Å². The minimum Gasteiger partial charge on any atom is -0.305 e. The number of nitrogens with one attached hydrogen (secondary N) is 1. The summed E-state index contributed by atoms with van der Waals surface area (Å²) in [6.45, 7) is 7.05. The molecule has 0 radical (unpaired) electrons. The molecule has 1 atom stereocenters. The second-order valence-corrected chi connectivity index (χ2v) is 5.58. The summed E-state index contributed by atoms with van der Waals surface area (Å²) in [6, 6.07) is 8.89. The average molecular weight is 292 g/mol. The lowest BCUT2D eigenvalue weighted by molar-refractivity contribution is 0.548. The Morgan fingerprint density at radius 1 is 1.30 bits per heavy atom. The van der Waals surface area contributed by atoms with Crippen LogP contribution in [0, 0.1) is 6.92 Å². The van der Waals surface area contributed by atoms with Crippen LogP contribution < -0.4 is 5.32 Å². The molecule has 1 N–H and O–H groups in total. The smallest absolute Gasteiger partial charge is 0.0863 e. The van der Waals surface area contributed by atoms with Crippen LogP contribution in [0.5, 0.6) is 0 Å². The van der Waals surface area contributed by atoms with Crippen LogP contribution in [0.25, 0.3) is 0 Å². The first-order valence-corrected chi connectivity index (χ1v) is 7.41. The lowest BCUT2D eigenvalue weighted by atomic mass is 10.1. The van der Waals surface area contributed by atoms with Crippen LogP contribution in [0.2, 0.25) is 5.02 Å². The first-order valence-electron chi connectivity index (χ1n) is 7.03. The van der Waals surface area contributed by atoms with Gasteiger partial charge in [-0.05, 0) is 25.8 Å². The molecule has 1 aromatic heterocycles. The Kier molecular flexibility index (Phi) is 4.84. The van der Waals surface area contributed by atoms with Crippen molar-refractivity contribution in [3.05, 3.63) is 51.8 Å². The molecule has 20 heavy (non-hydrogen) atoms. The highest BCUT2D eigenvalue weighted by molar-refractivity contribution is 6.31. The SMILES string of the molecule is CCc1nn(C)c(CN[C@H](C)c2ccc(C)cc2)c1Cl. The van der Waals surface area contributed by atoms with Gasteiger partial charge in [-0.2, -0.15) is 5.10 Å². The highest BCUT2D eigenvalue weighted by Gasteiger charge is 2.14. The third kappa shape index (κ3) is 3.22. The molecule has 0 saturated carbocycles. The van der Waals surface area contributed by atoms with E-state index >= 15 is 0 Å². The Balaban J connectivity index is 2.05. The van der Waals surface area contributed by atoms with E-state index in [4.69, 9.17) is 11.6 Å². The molecule has 0 aliphatic carbocycles. The fourth-order valence-electron chi connectivity index (χ4n) is 2.23. The third-order valence-electron chi connectivity index (χ3n) is 3.66. The summed E-state index contributed by atoms with van der Waals surface area (Å²) in [7, 11) is 1.94. The minimum atomic E-state index is 0.284. The van der Waals surface area contributed by atoms with Gasteiger partial charge >= 0.3 is 0 Å². The van der Waals surface area contributed by atoms with Crippen molar-refractivity contribution in [3.8, 4) is 0 Å². The topological polar surface area (TPSA) is 29.9 Å². The van der Waals surface area contributed by atoms with Gasteiger partial charge in [0.05, 0.1) is 16.4 Å². The second kappa shape index (κ2) is 6.42. The van der Waals surface area contributed by atoms with Crippen molar-refractivity contribution in [2.24, 2.45) is 7.05 Å². The van der Waals surface area contributed by atoms with Crippen LogP contribution in [0.4, 0.5) is 0 Å². The number of rotatable bonds is 5. The lowest BCUT2D eigenvalue weighted by Gasteiger charge is -2.15. The van der Waals surface area contributed by atoms with Gasteiger partial charge in [0.25, 0.3) is 0 Å². The molecule has 0 aliphatic heterocycles. The van der Waals surface area contributed by atoms with Gasteiger partial charge in [-0.15, -0.1) is 0 Å². The van der Waals surface area contributed by atoms with Crippen LogP contribution >= 0.6 is 11.6 Å². The number of benzene rings is 1. The normalized spacial score (nSPS) is 12.7. The van der Waals surface area contributed by atoms with Gasteiger partial charge in [0.15, 0.2) is 0 Å². The zero-order chi connectivity index (χ0) is 14.7. The molecule has 2 aromatic rings. The highest BCUT2D eigenvalue weighted by Crippen LogP contribution is 2.22. The largest absolute Gasteiger partial charge is 0.305 e. The Morgan fingerprint density at radius 2 is 1.95 bits per heavy atom. The number of hydrogen-bond donors (Lipinski definition) is 1. The van der Waals surface area contributed by atoms with Crippen molar-refractivity contribution in [1.29, 1.82) is 0 Å². The van der Waals surface area contributed by atoms with E-state index in [0.29, 0.717) is 0 Å². The first kappa shape index (κ1) is 15.1. The Morgan fingerprint density at radius 3 is 2.50 bits per heavy atom. The van der Waals surface area contributed by atoms with Gasteiger partial charge in [0.2, 0.25) is 0 Å². The number of aromatic nitrogens is 2. The monoisotopic (exact) mass is 291 g/mol. The van der Waals surface area contributed by atoms with Crippen LogP contribution in [-0.2, 0) is 20.0 Å². The van der Waals surface area contributed by atoms with E-state index in [1.54, 1.807) is 0 Å².